The molecule has 0 amide bonds. The molecule has 0 aliphatic carbocycles. The van der Waals surface area contributed by atoms with Crippen molar-refractivity contribution in [3.63, 3.8) is 0 Å². The predicted molar refractivity (Wildman–Crippen MR) is 129 cm³/mol. The summed E-state index contributed by atoms with van der Waals surface area (Å²) in [5.41, 5.74) is 2.10. The van der Waals surface area contributed by atoms with Gasteiger partial charge in [-0.2, -0.15) is 0 Å². The first-order valence-corrected chi connectivity index (χ1v) is 11.0. The molecule has 0 bridgehead atoms. The summed E-state index contributed by atoms with van der Waals surface area (Å²) in [5.74, 6) is 1.45. The van der Waals surface area contributed by atoms with E-state index in [-0.39, 0.29) is 0 Å². The first-order valence-electron chi connectivity index (χ1n) is 9.37. The highest BCUT2D eigenvalue weighted by atomic mass is 35.5. The molecule has 0 saturated heterocycles. The number of methoxy groups -OCH3 is 2. The Morgan fingerprint density at radius 2 is 1.70 bits per heavy atom. The lowest BCUT2D eigenvalue weighted by Gasteiger charge is -2.14. The number of nitrogens with one attached hydrogen (secondary N) is 2. The Kier molecular flexibility index (Phi) is 8.25. The molecule has 0 aromatic heterocycles. The quantitative estimate of drug-likeness (QED) is 0.401. The second-order valence-electron chi connectivity index (χ2n) is 6.37. The van der Waals surface area contributed by atoms with E-state index in [1.54, 1.807) is 26.0 Å². The van der Waals surface area contributed by atoms with Gasteiger partial charge in [0.15, 0.2) is 16.6 Å². The summed E-state index contributed by atoms with van der Waals surface area (Å²) >= 11 is 13.1. The van der Waals surface area contributed by atoms with E-state index >= 15 is 0 Å². The van der Waals surface area contributed by atoms with Crippen LogP contribution in [0.2, 0.25) is 5.02 Å². The van der Waals surface area contributed by atoms with Crippen LogP contribution in [-0.2, 0) is 6.42 Å². The highest BCUT2D eigenvalue weighted by molar-refractivity contribution is 7.99. The molecule has 4 nitrogen and oxygen atoms in total. The van der Waals surface area contributed by atoms with Crippen molar-refractivity contribution in [2.75, 3.05) is 26.1 Å². The average molecular weight is 459 g/mol. The largest absolute Gasteiger partial charge is 0.493 e. The monoisotopic (exact) mass is 458 g/mol. The van der Waals surface area contributed by atoms with Gasteiger partial charge in [0.25, 0.3) is 0 Å². The molecule has 0 fully saturated rings. The Hall–Kier alpha value is -2.41. The number of hydrogen-bond donors (Lipinski definition) is 2. The minimum absolute atomic E-state index is 0.583. The molecule has 0 spiro atoms. The van der Waals surface area contributed by atoms with Crippen molar-refractivity contribution in [3.8, 4) is 11.5 Å². The van der Waals surface area contributed by atoms with Gasteiger partial charge in [-0.1, -0.05) is 41.6 Å². The topological polar surface area (TPSA) is 42.5 Å². The van der Waals surface area contributed by atoms with Gasteiger partial charge in [0, 0.05) is 21.4 Å². The van der Waals surface area contributed by atoms with Crippen LogP contribution in [-0.4, -0.2) is 25.9 Å². The van der Waals surface area contributed by atoms with Gasteiger partial charge in [0.05, 0.1) is 19.9 Å². The molecule has 0 aliphatic rings. The summed E-state index contributed by atoms with van der Waals surface area (Å²) in [6, 6.07) is 21.8. The van der Waals surface area contributed by atoms with Crippen LogP contribution in [0.1, 0.15) is 5.56 Å². The molecule has 7 heteroatoms. The summed E-state index contributed by atoms with van der Waals surface area (Å²) in [6.45, 7) is 0.702. The summed E-state index contributed by atoms with van der Waals surface area (Å²) in [6.07, 6.45) is 0.809. The molecule has 3 rings (SSSR count). The van der Waals surface area contributed by atoms with E-state index in [4.69, 9.17) is 33.3 Å². The SMILES string of the molecule is COc1ccc(CCNC(=S)Nc2ccccc2Sc2ccc(Cl)cc2)cc1OC. The molecule has 0 unspecified atom stereocenters. The van der Waals surface area contributed by atoms with Gasteiger partial charge < -0.3 is 20.1 Å². The maximum absolute atomic E-state index is 5.98. The third-order valence-electron chi connectivity index (χ3n) is 4.32. The van der Waals surface area contributed by atoms with E-state index in [0.717, 1.165) is 44.0 Å². The average Bonchev–Trinajstić information content (AvgIpc) is 2.76. The van der Waals surface area contributed by atoms with Crippen molar-refractivity contribution in [3.05, 3.63) is 77.3 Å². The van der Waals surface area contributed by atoms with Gasteiger partial charge in [-0.25, -0.2) is 0 Å². The maximum Gasteiger partial charge on any atom is 0.170 e. The number of thiocarbonyl (C=S) groups is 1. The van der Waals surface area contributed by atoms with E-state index in [2.05, 4.69) is 16.7 Å². The van der Waals surface area contributed by atoms with Crippen LogP contribution < -0.4 is 20.1 Å². The van der Waals surface area contributed by atoms with Gasteiger partial charge >= 0.3 is 0 Å². The van der Waals surface area contributed by atoms with Crippen LogP contribution in [0.3, 0.4) is 0 Å². The molecule has 0 radical (unpaired) electrons. The minimum Gasteiger partial charge on any atom is -0.493 e. The third-order valence-corrected chi connectivity index (χ3v) is 5.91. The molecule has 0 saturated carbocycles. The van der Waals surface area contributed by atoms with E-state index in [1.807, 2.05) is 60.7 Å². The molecule has 30 heavy (non-hydrogen) atoms. The molecular formula is C23H23ClN2O2S2. The summed E-state index contributed by atoms with van der Waals surface area (Å²) in [4.78, 5) is 2.20. The van der Waals surface area contributed by atoms with Crippen LogP contribution in [0.4, 0.5) is 5.69 Å². The zero-order valence-corrected chi connectivity index (χ0v) is 19.2. The third kappa shape index (κ3) is 6.29. The van der Waals surface area contributed by atoms with Gasteiger partial charge in [0.2, 0.25) is 0 Å². The number of benzene rings is 3. The number of halogens is 1. The number of rotatable bonds is 8. The van der Waals surface area contributed by atoms with Crippen molar-refractivity contribution in [1.29, 1.82) is 0 Å². The first kappa shape index (κ1) is 22.3. The zero-order chi connectivity index (χ0) is 21.3. The summed E-state index contributed by atoms with van der Waals surface area (Å²) in [5, 5.41) is 7.87. The lowest BCUT2D eigenvalue weighted by atomic mass is 10.1. The second-order valence-corrected chi connectivity index (χ2v) is 8.33. The van der Waals surface area contributed by atoms with Crippen molar-refractivity contribution in [1.82, 2.24) is 5.32 Å². The van der Waals surface area contributed by atoms with Gasteiger partial charge in [0.1, 0.15) is 0 Å². The van der Waals surface area contributed by atoms with Gasteiger partial charge in [-0.15, -0.1) is 0 Å². The Morgan fingerprint density at radius 1 is 0.967 bits per heavy atom. The number of ether oxygens (including phenoxy) is 2. The number of anilines is 1. The Bertz CT molecular complexity index is 997. The van der Waals surface area contributed by atoms with Crippen LogP contribution in [0, 0.1) is 0 Å². The van der Waals surface area contributed by atoms with Crippen LogP contribution in [0.5, 0.6) is 11.5 Å². The Balaban J connectivity index is 1.56. The van der Waals surface area contributed by atoms with Crippen molar-refractivity contribution in [2.45, 2.75) is 16.2 Å². The standard InChI is InChI=1S/C23H23ClN2O2S2/c1-27-20-12-7-16(15-21(20)28-2)13-14-25-23(29)26-19-5-3-4-6-22(19)30-18-10-8-17(24)9-11-18/h3-12,15H,13-14H2,1-2H3,(H2,25,26,29). The molecular weight excluding hydrogens is 436 g/mol. The molecule has 0 aliphatic heterocycles. The maximum atomic E-state index is 5.98. The molecule has 2 N–H and O–H groups in total. The normalized spacial score (nSPS) is 10.4. The lowest BCUT2D eigenvalue weighted by molar-refractivity contribution is 0.354. The predicted octanol–water partition coefficient (Wildman–Crippen LogP) is 6.04. The molecule has 156 valence electrons. The second kappa shape index (κ2) is 11.1. The van der Waals surface area contributed by atoms with Crippen molar-refractivity contribution < 1.29 is 9.47 Å². The van der Waals surface area contributed by atoms with E-state index in [9.17, 15) is 0 Å². The highest BCUT2D eigenvalue weighted by Gasteiger charge is 2.07. The summed E-state index contributed by atoms with van der Waals surface area (Å²) in [7, 11) is 3.27. The molecule has 3 aromatic carbocycles. The van der Waals surface area contributed by atoms with E-state index in [0.29, 0.717) is 11.7 Å². The highest BCUT2D eigenvalue weighted by Crippen LogP contribution is 2.34. The fourth-order valence-electron chi connectivity index (χ4n) is 2.81. The summed E-state index contributed by atoms with van der Waals surface area (Å²) < 4.78 is 10.6. The zero-order valence-electron chi connectivity index (χ0n) is 16.8. The fourth-order valence-corrected chi connectivity index (χ4v) is 4.05. The Morgan fingerprint density at radius 3 is 2.43 bits per heavy atom. The van der Waals surface area contributed by atoms with E-state index in [1.165, 1.54) is 0 Å². The van der Waals surface area contributed by atoms with Crippen molar-refractivity contribution >= 4 is 46.4 Å². The smallest absolute Gasteiger partial charge is 0.170 e. The fraction of sp³-hybridized carbons (Fsp3) is 0.174. The first-order chi connectivity index (χ1) is 14.6. The molecule has 0 atom stereocenters. The molecule has 3 aromatic rings. The minimum atomic E-state index is 0.583. The van der Waals surface area contributed by atoms with Crippen molar-refractivity contribution in [2.24, 2.45) is 0 Å². The van der Waals surface area contributed by atoms with Gasteiger partial charge in [-0.05, 0) is 72.7 Å². The van der Waals surface area contributed by atoms with Crippen LogP contribution in [0.15, 0.2) is 76.5 Å². The molecule has 0 heterocycles. The number of hydrogen-bond acceptors (Lipinski definition) is 4. The lowest BCUT2D eigenvalue weighted by Crippen LogP contribution is -2.30. The Labute approximate surface area is 191 Å². The van der Waals surface area contributed by atoms with Crippen LogP contribution >= 0.6 is 35.6 Å². The van der Waals surface area contributed by atoms with Crippen LogP contribution in [0.25, 0.3) is 0 Å². The van der Waals surface area contributed by atoms with Gasteiger partial charge in [-0.3, -0.25) is 0 Å². The number of para-hydroxylation sites is 1. The van der Waals surface area contributed by atoms with E-state index < -0.39 is 0 Å².